The number of rotatable bonds is 4. The quantitative estimate of drug-likeness (QED) is 0.807. The maximum absolute atomic E-state index is 9.68. The fraction of sp³-hybridized carbons (Fsp3) is 0.500. The van der Waals surface area contributed by atoms with Gasteiger partial charge in [0, 0.05) is 24.8 Å². The van der Waals surface area contributed by atoms with E-state index in [1.165, 1.54) is 0 Å². The van der Waals surface area contributed by atoms with Crippen LogP contribution in [0.4, 0.5) is 0 Å². The molecule has 1 unspecified atom stereocenters. The number of hydrogen-bond acceptors (Lipinski definition) is 4. The van der Waals surface area contributed by atoms with Crippen molar-refractivity contribution in [2.24, 2.45) is 0 Å². The molecule has 2 rings (SSSR count). The van der Waals surface area contributed by atoms with Crippen LogP contribution >= 0.6 is 0 Å². The van der Waals surface area contributed by atoms with Gasteiger partial charge < -0.3 is 19.9 Å². The first-order valence-corrected chi connectivity index (χ1v) is 5.46. The normalized spacial score (nSPS) is 19.9. The van der Waals surface area contributed by atoms with E-state index in [-0.39, 0.29) is 0 Å². The molecule has 0 bridgehead atoms. The van der Waals surface area contributed by atoms with Gasteiger partial charge in [0.25, 0.3) is 0 Å². The van der Waals surface area contributed by atoms with Gasteiger partial charge in [0.1, 0.15) is 11.5 Å². The van der Waals surface area contributed by atoms with Crippen LogP contribution in [-0.4, -0.2) is 31.5 Å². The molecule has 0 aromatic heterocycles. The van der Waals surface area contributed by atoms with Crippen molar-refractivity contribution in [3.63, 3.8) is 0 Å². The van der Waals surface area contributed by atoms with Crippen molar-refractivity contribution in [2.45, 2.75) is 19.0 Å². The second-order valence-corrected chi connectivity index (χ2v) is 3.94. The molecule has 1 saturated heterocycles. The van der Waals surface area contributed by atoms with E-state index >= 15 is 0 Å². The van der Waals surface area contributed by atoms with Crippen LogP contribution in [-0.2, 0) is 11.3 Å². The van der Waals surface area contributed by atoms with Crippen molar-refractivity contribution in [1.29, 1.82) is 0 Å². The lowest BCUT2D eigenvalue weighted by molar-refractivity contribution is 0.189. The summed E-state index contributed by atoms with van der Waals surface area (Å²) in [6.07, 6.45) is 1.03. The molecule has 4 heteroatoms. The zero-order valence-electron chi connectivity index (χ0n) is 9.40. The highest BCUT2D eigenvalue weighted by Crippen LogP contribution is 2.22. The monoisotopic (exact) mass is 223 g/mol. The molecule has 0 amide bonds. The Morgan fingerprint density at radius 2 is 2.44 bits per heavy atom. The first-order chi connectivity index (χ1) is 7.79. The molecule has 0 saturated carbocycles. The number of phenols is 1. The number of nitrogens with one attached hydrogen (secondary N) is 1. The molecule has 0 spiro atoms. The summed E-state index contributed by atoms with van der Waals surface area (Å²) in [5.41, 5.74) is 0.853. The first-order valence-electron chi connectivity index (χ1n) is 5.46. The summed E-state index contributed by atoms with van der Waals surface area (Å²) in [7, 11) is 1.62. The summed E-state index contributed by atoms with van der Waals surface area (Å²) in [6.45, 7) is 2.21. The standard InChI is InChI=1S/C12H17NO3/c1-15-11-2-3-12(14)9(6-11)7-13-10-4-5-16-8-10/h2-3,6,10,13-14H,4-5,7-8H2,1H3. The Morgan fingerprint density at radius 1 is 1.56 bits per heavy atom. The van der Waals surface area contributed by atoms with Crippen molar-refractivity contribution in [2.75, 3.05) is 20.3 Å². The Bertz CT molecular complexity index is 348. The molecule has 1 fully saturated rings. The largest absolute Gasteiger partial charge is 0.508 e. The second kappa shape index (κ2) is 5.18. The van der Waals surface area contributed by atoms with Gasteiger partial charge in [-0.1, -0.05) is 0 Å². The molecule has 2 N–H and O–H groups in total. The van der Waals surface area contributed by atoms with Crippen molar-refractivity contribution >= 4 is 0 Å². The Hall–Kier alpha value is -1.26. The Morgan fingerprint density at radius 3 is 3.12 bits per heavy atom. The van der Waals surface area contributed by atoms with Crippen LogP contribution in [0, 0.1) is 0 Å². The van der Waals surface area contributed by atoms with Gasteiger partial charge in [-0.2, -0.15) is 0 Å². The molecule has 1 heterocycles. The SMILES string of the molecule is COc1ccc(O)c(CNC2CCOC2)c1. The summed E-state index contributed by atoms with van der Waals surface area (Å²) < 4.78 is 10.4. The highest BCUT2D eigenvalue weighted by Gasteiger charge is 2.15. The van der Waals surface area contributed by atoms with E-state index in [4.69, 9.17) is 9.47 Å². The predicted molar refractivity (Wildman–Crippen MR) is 60.7 cm³/mol. The van der Waals surface area contributed by atoms with Gasteiger partial charge in [-0.15, -0.1) is 0 Å². The summed E-state index contributed by atoms with van der Waals surface area (Å²) in [5.74, 6) is 1.06. The molecule has 1 aromatic carbocycles. The third kappa shape index (κ3) is 2.65. The first kappa shape index (κ1) is 11.2. The lowest BCUT2D eigenvalue weighted by atomic mass is 10.1. The molecule has 0 aliphatic carbocycles. The molecular weight excluding hydrogens is 206 g/mol. The molecule has 1 aromatic rings. The minimum atomic E-state index is 0.298. The van der Waals surface area contributed by atoms with Crippen LogP contribution in [0.1, 0.15) is 12.0 Å². The summed E-state index contributed by atoms with van der Waals surface area (Å²) >= 11 is 0. The van der Waals surface area contributed by atoms with Gasteiger partial charge >= 0.3 is 0 Å². The van der Waals surface area contributed by atoms with Gasteiger partial charge in [0.05, 0.1) is 13.7 Å². The molecule has 88 valence electrons. The van der Waals surface area contributed by atoms with E-state index in [1.807, 2.05) is 6.07 Å². The third-order valence-corrected chi connectivity index (χ3v) is 2.80. The summed E-state index contributed by atoms with van der Waals surface area (Å²) in [4.78, 5) is 0. The number of aromatic hydroxyl groups is 1. The minimum absolute atomic E-state index is 0.298. The van der Waals surface area contributed by atoms with Gasteiger partial charge in [0.15, 0.2) is 0 Å². The van der Waals surface area contributed by atoms with Crippen LogP contribution < -0.4 is 10.1 Å². The summed E-state index contributed by atoms with van der Waals surface area (Å²) in [6, 6.07) is 5.64. The average Bonchev–Trinajstić information content (AvgIpc) is 2.81. The van der Waals surface area contributed by atoms with Gasteiger partial charge in [-0.25, -0.2) is 0 Å². The number of phenolic OH excluding ortho intramolecular Hbond substituents is 1. The Kier molecular flexibility index (Phi) is 3.64. The summed E-state index contributed by atoms with van der Waals surface area (Å²) in [5, 5.41) is 13.0. The lowest BCUT2D eigenvalue weighted by Gasteiger charge is -2.12. The minimum Gasteiger partial charge on any atom is -0.508 e. The number of benzene rings is 1. The topological polar surface area (TPSA) is 50.7 Å². The number of methoxy groups -OCH3 is 1. The lowest BCUT2D eigenvalue weighted by Crippen LogP contribution is -2.28. The van der Waals surface area contributed by atoms with Crippen molar-refractivity contribution < 1.29 is 14.6 Å². The molecule has 16 heavy (non-hydrogen) atoms. The van der Waals surface area contributed by atoms with E-state index in [1.54, 1.807) is 19.2 Å². The van der Waals surface area contributed by atoms with E-state index in [0.29, 0.717) is 18.3 Å². The molecule has 0 radical (unpaired) electrons. The van der Waals surface area contributed by atoms with E-state index in [2.05, 4.69) is 5.32 Å². The molecular formula is C12H17NO3. The third-order valence-electron chi connectivity index (χ3n) is 2.80. The van der Waals surface area contributed by atoms with E-state index in [9.17, 15) is 5.11 Å². The maximum Gasteiger partial charge on any atom is 0.120 e. The van der Waals surface area contributed by atoms with Gasteiger partial charge in [-0.3, -0.25) is 0 Å². The fourth-order valence-corrected chi connectivity index (χ4v) is 1.78. The van der Waals surface area contributed by atoms with Gasteiger partial charge in [0.2, 0.25) is 0 Å². The fourth-order valence-electron chi connectivity index (χ4n) is 1.78. The number of hydrogen-bond donors (Lipinski definition) is 2. The molecule has 1 aliphatic rings. The van der Waals surface area contributed by atoms with Crippen molar-refractivity contribution in [3.05, 3.63) is 23.8 Å². The van der Waals surface area contributed by atoms with Crippen LogP contribution in [0.15, 0.2) is 18.2 Å². The zero-order valence-corrected chi connectivity index (χ0v) is 9.40. The van der Waals surface area contributed by atoms with E-state index < -0.39 is 0 Å². The van der Waals surface area contributed by atoms with Crippen molar-refractivity contribution in [3.8, 4) is 11.5 Å². The maximum atomic E-state index is 9.68. The molecule has 1 aliphatic heterocycles. The van der Waals surface area contributed by atoms with Gasteiger partial charge in [-0.05, 0) is 24.6 Å². The molecule has 4 nitrogen and oxygen atoms in total. The average molecular weight is 223 g/mol. The van der Waals surface area contributed by atoms with Crippen molar-refractivity contribution in [1.82, 2.24) is 5.32 Å². The predicted octanol–water partition coefficient (Wildman–Crippen LogP) is 1.28. The highest BCUT2D eigenvalue weighted by molar-refractivity contribution is 5.39. The zero-order chi connectivity index (χ0) is 11.4. The smallest absolute Gasteiger partial charge is 0.120 e. The Balaban J connectivity index is 1.96. The van der Waals surface area contributed by atoms with E-state index in [0.717, 1.165) is 30.9 Å². The van der Waals surface area contributed by atoms with Crippen LogP contribution in [0.25, 0.3) is 0 Å². The van der Waals surface area contributed by atoms with Crippen LogP contribution in [0.2, 0.25) is 0 Å². The second-order valence-electron chi connectivity index (χ2n) is 3.94. The highest BCUT2D eigenvalue weighted by atomic mass is 16.5. The molecule has 1 atom stereocenters. The van der Waals surface area contributed by atoms with Crippen LogP contribution in [0.3, 0.4) is 0 Å². The number of ether oxygens (including phenoxy) is 2. The van der Waals surface area contributed by atoms with Crippen LogP contribution in [0.5, 0.6) is 11.5 Å². The Labute approximate surface area is 95.2 Å².